The number of hydrogen-bond acceptors (Lipinski definition) is 4. The number of para-hydroxylation sites is 1. The standard InChI is InChI=1S/C56H37NS.C50H33NS/c1-2-11-38(12-3-1)39-21-23-42(24-22-39)50-15-6-8-19-54(50)57(47-34-29-43(30-35-47)51-17-10-18-53-52-16-7-9-20-55(52)58-56(51)53)46-32-27-40(28-33-46)44-31-36-49-45(37-44)26-25-41-13-4-5-14-48(41)49;1-2-10-34(11-3-1)38-13-8-14-43(33-38)51(42-29-24-37(25-30-42)46-17-9-18-48-47-16-6-7-19-49(47)52-50(46)48)41-27-22-35(23-28-41)39-26-31-45-40(32-39)21-20-36-12-4-5-15-44(36)45/h1-37H;1-33H. The van der Waals surface area contributed by atoms with Crippen molar-refractivity contribution in [1.29, 1.82) is 0 Å². The van der Waals surface area contributed by atoms with E-state index in [2.05, 4.69) is 434 Å². The van der Waals surface area contributed by atoms with Crippen molar-refractivity contribution in [1.82, 2.24) is 0 Å². The summed E-state index contributed by atoms with van der Waals surface area (Å²) < 4.78 is 5.31. The molecule has 0 unspecified atom stereocenters. The van der Waals surface area contributed by atoms with Crippen LogP contribution in [0, 0.1) is 0 Å². The van der Waals surface area contributed by atoms with Crippen molar-refractivity contribution >= 4 is 140 Å². The van der Waals surface area contributed by atoms with E-state index in [9.17, 15) is 0 Å². The number of nitrogens with zero attached hydrogens (tertiary/aromatic N) is 2. The zero-order valence-electron chi connectivity index (χ0n) is 60.1. The number of thiophene rings is 2. The Kier molecular flexibility index (Phi) is 17.0. The van der Waals surface area contributed by atoms with E-state index in [1.807, 2.05) is 22.7 Å². The summed E-state index contributed by atoms with van der Waals surface area (Å²) in [7, 11) is 0. The number of hydrogen-bond donors (Lipinski definition) is 0. The second kappa shape index (κ2) is 28.5. The molecule has 21 rings (SSSR count). The summed E-state index contributed by atoms with van der Waals surface area (Å²) in [6.07, 6.45) is 0. The van der Waals surface area contributed by atoms with Gasteiger partial charge in [-0.2, -0.15) is 0 Å². The van der Waals surface area contributed by atoms with Gasteiger partial charge in [0.2, 0.25) is 0 Å². The molecule has 0 radical (unpaired) electrons. The molecule has 516 valence electrons. The Hall–Kier alpha value is -13.7. The fourth-order valence-corrected chi connectivity index (χ4v) is 18.7. The number of rotatable bonds is 13. The Morgan fingerprint density at radius 3 is 0.973 bits per heavy atom. The lowest BCUT2D eigenvalue weighted by Crippen LogP contribution is -2.11. The summed E-state index contributed by atoms with van der Waals surface area (Å²) in [5.74, 6) is 0. The highest BCUT2D eigenvalue weighted by molar-refractivity contribution is 7.26. The third-order valence-corrected chi connectivity index (χ3v) is 24.2. The average molecular weight is 1440 g/mol. The minimum Gasteiger partial charge on any atom is -0.310 e. The molecule has 0 aliphatic heterocycles. The predicted octanol–water partition coefficient (Wildman–Crippen LogP) is 31.3. The largest absolute Gasteiger partial charge is 0.310 e. The van der Waals surface area contributed by atoms with Crippen LogP contribution in [-0.2, 0) is 0 Å². The first kappa shape index (κ1) is 65.8. The van der Waals surface area contributed by atoms with E-state index >= 15 is 0 Å². The van der Waals surface area contributed by atoms with Crippen LogP contribution in [-0.4, -0.2) is 0 Å². The topological polar surface area (TPSA) is 6.48 Å². The van der Waals surface area contributed by atoms with Crippen molar-refractivity contribution in [3.63, 3.8) is 0 Å². The van der Waals surface area contributed by atoms with Gasteiger partial charge in [0.15, 0.2) is 0 Å². The van der Waals surface area contributed by atoms with Gasteiger partial charge in [-0.05, 0) is 206 Å². The molecular formula is C106H70N2S2. The molecule has 4 heteroatoms. The Morgan fingerprint density at radius 2 is 0.464 bits per heavy atom. The van der Waals surface area contributed by atoms with E-state index in [0.29, 0.717) is 0 Å². The van der Waals surface area contributed by atoms with Crippen molar-refractivity contribution in [2.75, 3.05) is 9.80 Å². The summed E-state index contributed by atoms with van der Waals surface area (Å²) in [4.78, 5) is 4.77. The molecule has 21 aromatic rings. The van der Waals surface area contributed by atoms with Crippen molar-refractivity contribution in [3.05, 3.63) is 425 Å². The molecule has 0 bridgehead atoms. The van der Waals surface area contributed by atoms with Crippen molar-refractivity contribution in [2.24, 2.45) is 0 Å². The van der Waals surface area contributed by atoms with Gasteiger partial charge in [0.1, 0.15) is 0 Å². The molecule has 2 aromatic heterocycles. The van der Waals surface area contributed by atoms with Crippen LogP contribution in [0.5, 0.6) is 0 Å². The van der Waals surface area contributed by atoms with E-state index in [0.717, 1.165) is 34.1 Å². The van der Waals surface area contributed by atoms with Gasteiger partial charge in [-0.1, -0.05) is 334 Å². The van der Waals surface area contributed by atoms with Gasteiger partial charge in [0.25, 0.3) is 0 Å². The van der Waals surface area contributed by atoms with Gasteiger partial charge >= 0.3 is 0 Å². The van der Waals surface area contributed by atoms with Crippen LogP contribution in [0.25, 0.3) is 161 Å². The molecule has 0 aliphatic carbocycles. The van der Waals surface area contributed by atoms with E-state index in [1.54, 1.807) is 0 Å². The zero-order valence-corrected chi connectivity index (χ0v) is 61.8. The molecule has 0 saturated carbocycles. The summed E-state index contributed by atoms with van der Waals surface area (Å²) in [5.41, 5.74) is 23.6. The number of fused-ring (bicyclic) bond motifs is 12. The Labute approximate surface area is 647 Å². The highest BCUT2D eigenvalue weighted by Crippen LogP contribution is 2.47. The van der Waals surface area contributed by atoms with Crippen LogP contribution in [0.1, 0.15) is 0 Å². The Morgan fingerprint density at radius 1 is 0.155 bits per heavy atom. The molecule has 0 spiro atoms. The van der Waals surface area contributed by atoms with Gasteiger partial charge in [-0.3, -0.25) is 0 Å². The third-order valence-electron chi connectivity index (χ3n) is 21.7. The third kappa shape index (κ3) is 12.4. The fraction of sp³-hybridized carbons (Fsp3) is 0. The smallest absolute Gasteiger partial charge is 0.0540 e. The second-order valence-corrected chi connectivity index (χ2v) is 30.3. The molecule has 0 atom stereocenters. The predicted molar refractivity (Wildman–Crippen MR) is 476 cm³/mol. The summed E-state index contributed by atoms with van der Waals surface area (Å²) in [6.45, 7) is 0. The monoisotopic (exact) mass is 1430 g/mol. The van der Waals surface area contributed by atoms with E-state index in [1.165, 1.54) is 161 Å². The normalized spacial score (nSPS) is 11.5. The van der Waals surface area contributed by atoms with E-state index in [4.69, 9.17) is 0 Å². The first-order chi connectivity index (χ1) is 54.5. The molecule has 0 aliphatic rings. The summed E-state index contributed by atoms with van der Waals surface area (Å²) >= 11 is 3.75. The molecule has 110 heavy (non-hydrogen) atoms. The Bertz CT molecular complexity index is 6980. The van der Waals surface area contributed by atoms with Crippen LogP contribution in [0.15, 0.2) is 425 Å². The van der Waals surface area contributed by atoms with Gasteiger partial charge in [0, 0.05) is 74.3 Å². The van der Waals surface area contributed by atoms with Gasteiger partial charge in [-0.15, -0.1) is 22.7 Å². The molecule has 2 heterocycles. The maximum atomic E-state index is 2.40. The highest BCUT2D eigenvalue weighted by atomic mass is 32.1. The van der Waals surface area contributed by atoms with Crippen LogP contribution < -0.4 is 9.80 Å². The summed E-state index contributed by atoms with van der Waals surface area (Å²) in [6, 6.07) is 155. The first-order valence-corrected chi connectivity index (χ1v) is 39.2. The highest BCUT2D eigenvalue weighted by Gasteiger charge is 2.21. The van der Waals surface area contributed by atoms with Gasteiger partial charge in [0.05, 0.1) is 5.69 Å². The maximum absolute atomic E-state index is 2.40. The number of benzene rings is 19. The Balaban J connectivity index is 0.000000145. The minimum atomic E-state index is 1.10. The van der Waals surface area contributed by atoms with Crippen LogP contribution in [0.3, 0.4) is 0 Å². The van der Waals surface area contributed by atoms with Crippen LogP contribution in [0.2, 0.25) is 0 Å². The lowest BCUT2D eigenvalue weighted by Gasteiger charge is -2.28. The van der Waals surface area contributed by atoms with Gasteiger partial charge in [-0.25, -0.2) is 0 Å². The molecule has 0 saturated heterocycles. The van der Waals surface area contributed by atoms with Crippen molar-refractivity contribution in [2.45, 2.75) is 0 Å². The molecule has 0 fully saturated rings. The fourth-order valence-electron chi connectivity index (χ4n) is 16.2. The lowest BCUT2D eigenvalue weighted by molar-refractivity contribution is 1.28. The number of anilines is 6. The lowest BCUT2D eigenvalue weighted by atomic mass is 9.96. The van der Waals surface area contributed by atoms with Gasteiger partial charge < -0.3 is 9.80 Å². The maximum Gasteiger partial charge on any atom is 0.0540 e. The van der Waals surface area contributed by atoms with E-state index < -0.39 is 0 Å². The zero-order chi connectivity index (χ0) is 72.9. The second-order valence-electron chi connectivity index (χ2n) is 28.2. The summed E-state index contributed by atoms with van der Waals surface area (Å²) in [5, 5.41) is 15.5. The van der Waals surface area contributed by atoms with Crippen LogP contribution >= 0.6 is 22.7 Å². The van der Waals surface area contributed by atoms with Crippen molar-refractivity contribution in [3.8, 4) is 77.9 Å². The van der Waals surface area contributed by atoms with Crippen molar-refractivity contribution < 1.29 is 0 Å². The molecule has 19 aromatic carbocycles. The quantitative estimate of drug-likeness (QED) is 0.106. The first-order valence-electron chi connectivity index (χ1n) is 37.6. The molecule has 0 N–H and O–H groups in total. The molecular weight excluding hydrogens is 1370 g/mol. The SMILES string of the molecule is c1ccc(-c2ccc(-c3ccccc3N(c3ccc(-c4ccc5c(ccc6ccccc65)c4)cc3)c3ccc(-c4cccc5c4sc4ccccc45)cc3)cc2)cc1.c1ccc(-c2cccc(N(c3ccc(-c4ccc5c(ccc6ccccc65)c4)cc3)c3ccc(-c4cccc5c4sc4ccccc45)cc3)c2)cc1. The molecule has 2 nitrogen and oxygen atoms in total. The van der Waals surface area contributed by atoms with E-state index in [-0.39, 0.29) is 0 Å². The van der Waals surface area contributed by atoms with Crippen LogP contribution in [0.4, 0.5) is 34.1 Å². The minimum absolute atomic E-state index is 1.10. The molecule has 0 amide bonds. The average Bonchev–Trinajstić information content (AvgIpc) is 1.59.